The van der Waals surface area contributed by atoms with E-state index in [-0.39, 0.29) is 0 Å². The van der Waals surface area contributed by atoms with Gasteiger partial charge in [0.15, 0.2) is 6.04 Å². The number of aromatic nitrogens is 4. The number of hydrogen-bond acceptors (Lipinski definition) is 7. The van der Waals surface area contributed by atoms with Crippen LogP contribution in [0.1, 0.15) is 18.2 Å². The summed E-state index contributed by atoms with van der Waals surface area (Å²) in [5, 5.41) is 15.8. The summed E-state index contributed by atoms with van der Waals surface area (Å²) in [6.07, 6.45) is 7.62. The largest absolute Gasteiger partial charge is 0.480 e. The molecule has 37 heavy (non-hydrogen) atoms. The van der Waals surface area contributed by atoms with Crippen molar-refractivity contribution in [2.75, 3.05) is 31.1 Å². The molecule has 0 saturated carbocycles. The first kappa shape index (κ1) is 22.9. The number of fused-ring (bicyclic) bond motifs is 1. The molecule has 1 unspecified atom stereocenters. The Balaban J connectivity index is 1.28. The van der Waals surface area contributed by atoms with Crippen LogP contribution in [0.5, 0.6) is 0 Å². The predicted molar refractivity (Wildman–Crippen MR) is 140 cm³/mol. The van der Waals surface area contributed by atoms with E-state index in [1.54, 1.807) is 29.4 Å². The van der Waals surface area contributed by atoms with Gasteiger partial charge in [0.1, 0.15) is 6.26 Å². The summed E-state index contributed by atoms with van der Waals surface area (Å²) in [5.41, 5.74) is 4.21. The number of carboxylic acid groups (broad SMARTS) is 1. The normalized spacial score (nSPS) is 15.5. The third-order valence-corrected chi connectivity index (χ3v) is 6.74. The summed E-state index contributed by atoms with van der Waals surface area (Å²) in [6.45, 7) is 2.66. The van der Waals surface area contributed by atoms with Crippen LogP contribution in [-0.4, -0.2) is 61.9 Å². The van der Waals surface area contributed by atoms with E-state index in [4.69, 9.17) is 4.42 Å². The number of benzene rings is 2. The van der Waals surface area contributed by atoms with Crippen molar-refractivity contribution in [3.63, 3.8) is 0 Å². The zero-order valence-electron chi connectivity index (χ0n) is 20.1. The number of rotatable bonds is 6. The predicted octanol–water partition coefficient (Wildman–Crippen LogP) is 4.41. The second-order valence-electron chi connectivity index (χ2n) is 9.05. The number of carboxylic acids is 1. The first-order valence-electron chi connectivity index (χ1n) is 12.3. The Hall–Kier alpha value is -4.50. The molecule has 186 valence electrons. The molecule has 2 aromatic carbocycles. The lowest BCUT2D eigenvalue weighted by atomic mass is 10.1. The van der Waals surface area contributed by atoms with Crippen LogP contribution in [0.25, 0.3) is 28.0 Å². The highest BCUT2D eigenvalue weighted by atomic mass is 16.4. The van der Waals surface area contributed by atoms with Crippen molar-refractivity contribution in [1.82, 2.24) is 24.6 Å². The molecule has 9 heteroatoms. The fraction of sp³-hybridized carbons (Fsp3) is 0.214. The van der Waals surface area contributed by atoms with Gasteiger partial charge < -0.3 is 14.4 Å². The summed E-state index contributed by atoms with van der Waals surface area (Å²) in [7, 11) is 0. The molecule has 0 bridgehead atoms. The number of aliphatic carboxylic acids is 1. The molecular formula is C28H26N6O3. The molecule has 0 radical (unpaired) electrons. The van der Waals surface area contributed by atoms with E-state index in [0.29, 0.717) is 31.2 Å². The zero-order chi connectivity index (χ0) is 25.2. The molecule has 1 atom stereocenters. The van der Waals surface area contributed by atoms with Gasteiger partial charge in [0.25, 0.3) is 0 Å². The second-order valence-corrected chi connectivity index (χ2v) is 9.05. The lowest BCUT2D eigenvalue weighted by molar-refractivity contribution is -0.143. The molecule has 0 amide bonds. The highest BCUT2D eigenvalue weighted by molar-refractivity contribution is 5.94. The van der Waals surface area contributed by atoms with Crippen LogP contribution in [-0.2, 0) is 4.79 Å². The Morgan fingerprint density at radius 2 is 1.84 bits per heavy atom. The molecule has 3 aromatic heterocycles. The Morgan fingerprint density at radius 1 is 0.946 bits per heavy atom. The zero-order valence-corrected chi connectivity index (χ0v) is 20.1. The summed E-state index contributed by atoms with van der Waals surface area (Å²) < 4.78 is 7.28. The number of anilines is 1. The molecule has 9 nitrogen and oxygen atoms in total. The quantitative estimate of drug-likeness (QED) is 0.370. The molecule has 1 N–H and O–H groups in total. The average Bonchev–Trinajstić information content (AvgIpc) is 3.58. The monoisotopic (exact) mass is 494 g/mol. The van der Waals surface area contributed by atoms with Crippen LogP contribution in [0, 0.1) is 0 Å². The van der Waals surface area contributed by atoms with Gasteiger partial charge in [-0.1, -0.05) is 24.3 Å². The lowest BCUT2D eigenvalue weighted by Crippen LogP contribution is -2.37. The minimum atomic E-state index is -0.898. The molecule has 1 fully saturated rings. The molecule has 1 saturated heterocycles. The Morgan fingerprint density at radius 3 is 2.65 bits per heavy atom. The van der Waals surface area contributed by atoms with Crippen molar-refractivity contribution in [2.45, 2.75) is 12.5 Å². The average molecular weight is 495 g/mol. The Labute approximate surface area is 213 Å². The molecule has 5 aromatic rings. The van der Waals surface area contributed by atoms with Crippen LogP contribution < -0.4 is 4.90 Å². The van der Waals surface area contributed by atoms with E-state index in [1.165, 1.54) is 0 Å². The number of carbonyl (C=O) groups is 1. The van der Waals surface area contributed by atoms with E-state index < -0.39 is 12.0 Å². The van der Waals surface area contributed by atoms with Crippen LogP contribution >= 0.6 is 0 Å². The maximum Gasteiger partial charge on any atom is 0.327 e. The minimum Gasteiger partial charge on any atom is -0.480 e. The molecule has 6 rings (SSSR count). The van der Waals surface area contributed by atoms with Crippen LogP contribution in [0.2, 0.25) is 0 Å². The first-order chi connectivity index (χ1) is 18.2. The molecule has 1 aliphatic rings. The SMILES string of the molecule is O=C(O)C(c1ccn(-c2ccccc2)n1)N1CCCN(c2cc(-c3ncco3)cc3cccnc23)CC1. The van der Waals surface area contributed by atoms with Gasteiger partial charge in [-0.15, -0.1) is 0 Å². The number of hydrogen-bond donors (Lipinski definition) is 1. The molecule has 4 heterocycles. The summed E-state index contributed by atoms with van der Waals surface area (Å²) in [6, 6.07) is 18.7. The van der Waals surface area contributed by atoms with Crippen molar-refractivity contribution in [2.24, 2.45) is 0 Å². The van der Waals surface area contributed by atoms with E-state index in [0.717, 1.165) is 40.8 Å². The topological polar surface area (TPSA) is 101 Å². The van der Waals surface area contributed by atoms with Crippen molar-refractivity contribution < 1.29 is 14.3 Å². The fourth-order valence-electron chi connectivity index (χ4n) is 5.02. The summed E-state index contributed by atoms with van der Waals surface area (Å²) in [4.78, 5) is 25.7. The van der Waals surface area contributed by atoms with E-state index in [1.807, 2.05) is 59.6 Å². The highest BCUT2D eigenvalue weighted by Gasteiger charge is 2.31. The Kier molecular flexibility index (Phi) is 6.11. The lowest BCUT2D eigenvalue weighted by Gasteiger charge is -2.27. The van der Waals surface area contributed by atoms with E-state index >= 15 is 0 Å². The van der Waals surface area contributed by atoms with Gasteiger partial charge in [0, 0.05) is 49.5 Å². The fourth-order valence-corrected chi connectivity index (χ4v) is 5.02. The smallest absolute Gasteiger partial charge is 0.327 e. The van der Waals surface area contributed by atoms with Gasteiger partial charge in [0.2, 0.25) is 5.89 Å². The number of oxazole rings is 1. The van der Waals surface area contributed by atoms with Crippen molar-refractivity contribution in [3.05, 3.63) is 91.2 Å². The third-order valence-electron chi connectivity index (χ3n) is 6.74. The number of pyridine rings is 1. The van der Waals surface area contributed by atoms with Gasteiger partial charge in [-0.25, -0.2) is 9.67 Å². The molecule has 0 aliphatic carbocycles. The summed E-state index contributed by atoms with van der Waals surface area (Å²) >= 11 is 0. The van der Waals surface area contributed by atoms with Crippen molar-refractivity contribution >= 4 is 22.6 Å². The standard InChI is InChI=1S/C28H26N6O3/c35-28(36)26(23-9-14-34(31-23)22-7-2-1-3-8-22)33-13-5-12-32(15-16-33)24-19-21(27-30-11-17-37-27)18-20-6-4-10-29-25(20)24/h1-4,6-11,14,17-19,26H,5,12-13,15-16H2,(H,35,36). The van der Waals surface area contributed by atoms with Gasteiger partial charge in [-0.2, -0.15) is 5.10 Å². The maximum absolute atomic E-state index is 12.4. The molecule has 0 spiro atoms. The molecule has 1 aliphatic heterocycles. The van der Waals surface area contributed by atoms with Crippen molar-refractivity contribution in [1.29, 1.82) is 0 Å². The number of nitrogens with zero attached hydrogens (tertiary/aromatic N) is 6. The van der Waals surface area contributed by atoms with Gasteiger partial charge in [0.05, 0.1) is 28.8 Å². The maximum atomic E-state index is 12.4. The summed E-state index contributed by atoms with van der Waals surface area (Å²) in [5.74, 6) is -0.340. The van der Waals surface area contributed by atoms with Crippen LogP contribution in [0.3, 0.4) is 0 Å². The Bertz CT molecular complexity index is 1520. The third kappa shape index (κ3) is 4.56. The first-order valence-corrected chi connectivity index (χ1v) is 12.3. The molecular weight excluding hydrogens is 468 g/mol. The second kappa shape index (κ2) is 9.87. The van der Waals surface area contributed by atoms with Crippen LogP contribution in [0.15, 0.2) is 89.9 Å². The van der Waals surface area contributed by atoms with Crippen molar-refractivity contribution in [3.8, 4) is 17.1 Å². The van der Waals surface area contributed by atoms with Gasteiger partial charge >= 0.3 is 5.97 Å². The van der Waals surface area contributed by atoms with Crippen LogP contribution in [0.4, 0.5) is 5.69 Å². The number of para-hydroxylation sites is 1. The van der Waals surface area contributed by atoms with Gasteiger partial charge in [-0.05, 0) is 42.8 Å². The highest BCUT2D eigenvalue weighted by Crippen LogP contribution is 2.33. The van der Waals surface area contributed by atoms with Gasteiger partial charge in [-0.3, -0.25) is 14.7 Å². The van der Waals surface area contributed by atoms with E-state index in [2.05, 4.69) is 26.0 Å². The van der Waals surface area contributed by atoms with E-state index in [9.17, 15) is 9.90 Å². The minimum absolute atomic E-state index is 0.530.